The highest BCUT2D eigenvalue weighted by Crippen LogP contribution is 2.32. The summed E-state index contributed by atoms with van der Waals surface area (Å²) in [5, 5.41) is 3.15. The predicted molar refractivity (Wildman–Crippen MR) is 51.7 cm³/mol. The molecule has 1 nitrogen and oxygen atoms in total. The lowest BCUT2D eigenvalue weighted by Crippen LogP contribution is -2.09. The van der Waals surface area contributed by atoms with Crippen molar-refractivity contribution in [2.45, 2.75) is 18.5 Å². The van der Waals surface area contributed by atoms with Crippen molar-refractivity contribution in [2.24, 2.45) is 0 Å². The maximum absolute atomic E-state index is 12.4. The van der Waals surface area contributed by atoms with E-state index in [0.717, 1.165) is 31.1 Å². The van der Waals surface area contributed by atoms with E-state index >= 15 is 0 Å². The van der Waals surface area contributed by atoms with Gasteiger partial charge in [0.25, 0.3) is 0 Å². The van der Waals surface area contributed by atoms with Crippen molar-refractivity contribution in [1.29, 1.82) is 0 Å². The van der Waals surface area contributed by atoms with Crippen LogP contribution in [0, 0.1) is 0 Å². The van der Waals surface area contributed by atoms with E-state index in [1.807, 2.05) is 0 Å². The summed E-state index contributed by atoms with van der Waals surface area (Å²) in [5.41, 5.74) is 0.238. The Morgan fingerprint density at radius 2 is 2.07 bits per heavy atom. The highest BCUT2D eigenvalue weighted by molar-refractivity contribution is 5.29. The van der Waals surface area contributed by atoms with Crippen LogP contribution >= 0.6 is 0 Å². The summed E-state index contributed by atoms with van der Waals surface area (Å²) in [5.74, 6) is 0.229. The first-order valence-electron chi connectivity index (χ1n) is 4.95. The van der Waals surface area contributed by atoms with E-state index in [2.05, 4.69) is 5.32 Å². The lowest BCUT2D eigenvalue weighted by Gasteiger charge is -2.12. The number of benzene rings is 1. The zero-order valence-electron chi connectivity index (χ0n) is 8.14. The van der Waals surface area contributed by atoms with Crippen LogP contribution < -0.4 is 5.32 Å². The minimum atomic E-state index is -4.23. The fraction of sp³-hybridized carbons (Fsp3) is 0.455. The number of alkyl halides is 3. The highest BCUT2D eigenvalue weighted by atomic mass is 19.4. The molecule has 1 aliphatic rings. The summed E-state index contributed by atoms with van der Waals surface area (Å²) in [6.45, 7) is 1.67. The van der Waals surface area contributed by atoms with Gasteiger partial charge in [-0.2, -0.15) is 13.2 Å². The molecule has 1 aromatic carbocycles. The quantitative estimate of drug-likeness (QED) is 0.759. The molecule has 82 valence electrons. The third-order valence-electron chi connectivity index (χ3n) is 2.75. The van der Waals surface area contributed by atoms with E-state index in [1.54, 1.807) is 6.07 Å². The van der Waals surface area contributed by atoms with Gasteiger partial charge >= 0.3 is 6.18 Å². The third-order valence-corrected chi connectivity index (χ3v) is 2.75. The van der Waals surface area contributed by atoms with Crippen molar-refractivity contribution < 1.29 is 13.2 Å². The largest absolute Gasteiger partial charge is 0.416 e. The van der Waals surface area contributed by atoms with Gasteiger partial charge in [0.2, 0.25) is 0 Å². The summed E-state index contributed by atoms with van der Waals surface area (Å²) in [4.78, 5) is 0. The average Bonchev–Trinajstić information content (AvgIpc) is 2.69. The Bertz CT molecular complexity index is 340. The summed E-state index contributed by atoms with van der Waals surface area (Å²) in [6.07, 6.45) is -3.32. The van der Waals surface area contributed by atoms with Gasteiger partial charge in [-0.25, -0.2) is 0 Å². The molecule has 1 aromatic rings. The molecule has 0 spiro atoms. The van der Waals surface area contributed by atoms with E-state index in [-0.39, 0.29) is 5.92 Å². The van der Waals surface area contributed by atoms with Crippen molar-refractivity contribution in [2.75, 3.05) is 13.1 Å². The average molecular weight is 215 g/mol. The Hall–Kier alpha value is -1.03. The summed E-state index contributed by atoms with van der Waals surface area (Å²) in [6, 6.07) is 5.63. The van der Waals surface area contributed by atoms with Gasteiger partial charge in [0, 0.05) is 6.54 Å². The SMILES string of the molecule is FC(F)(F)c1cccc([C@@H]2CCNC2)c1. The molecule has 1 atom stereocenters. The summed E-state index contributed by atoms with van der Waals surface area (Å²) >= 11 is 0. The van der Waals surface area contributed by atoms with Crippen LogP contribution in [0.3, 0.4) is 0 Å². The van der Waals surface area contributed by atoms with Crippen molar-refractivity contribution in [3.8, 4) is 0 Å². The fourth-order valence-electron chi connectivity index (χ4n) is 1.91. The Balaban J connectivity index is 2.26. The van der Waals surface area contributed by atoms with Crippen LogP contribution in [0.4, 0.5) is 13.2 Å². The van der Waals surface area contributed by atoms with E-state index < -0.39 is 11.7 Å². The first kappa shape index (κ1) is 10.5. The second-order valence-corrected chi connectivity index (χ2v) is 3.81. The molecule has 0 bridgehead atoms. The highest BCUT2D eigenvalue weighted by Gasteiger charge is 2.31. The molecule has 0 saturated carbocycles. The Kier molecular flexibility index (Phi) is 2.69. The van der Waals surface area contributed by atoms with Gasteiger partial charge in [0.15, 0.2) is 0 Å². The van der Waals surface area contributed by atoms with Gasteiger partial charge in [-0.15, -0.1) is 0 Å². The molecule has 4 heteroatoms. The lowest BCUT2D eigenvalue weighted by molar-refractivity contribution is -0.137. The maximum atomic E-state index is 12.4. The number of nitrogens with one attached hydrogen (secondary N) is 1. The topological polar surface area (TPSA) is 12.0 Å². The lowest BCUT2D eigenvalue weighted by atomic mass is 9.96. The Morgan fingerprint density at radius 1 is 1.27 bits per heavy atom. The summed E-state index contributed by atoms with van der Waals surface area (Å²) < 4.78 is 37.3. The van der Waals surface area contributed by atoms with Crippen LogP contribution in [0.2, 0.25) is 0 Å². The minimum absolute atomic E-state index is 0.229. The molecule has 0 radical (unpaired) electrons. The second-order valence-electron chi connectivity index (χ2n) is 3.81. The van der Waals surface area contributed by atoms with Crippen molar-refractivity contribution in [3.63, 3.8) is 0 Å². The summed E-state index contributed by atoms with van der Waals surface area (Å²) in [7, 11) is 0. The van der Waals surface area contributed by atoms with Crippen LogP contribution in [0.25, 0.3) is 0 Å². The molecule has 0 aromatic heterocycles. The number of rotatable bonds is 1. The van der Waals surface area contributed by atoms with E-state index in [0.29, 0.717) is 0 Å². The van der Waals surface area contributed by atoms with Crippen molar-refractivity contribution >= 4 is 0 Å². The zero-order chi connectivity index (χ0) is 10.9. The Labute approximate surface area is 86.3 Å². The molecule has 1 aliphatic heterocycles. The zero-order valence-corrected chi connectivity index (χ0v) is 8.14. The maximum Gasteiger partial charge on any atom is 0.416 e. The normalized spacial score (nSPS) is 21.9. The fourth-order valence-corrected chi connectivity index (χ4v) is 1.91. The van der Waals surface area contributed by atoms with E-state index in [9.17, 15) is 13.2 Å². The van der Waals surface area contributed by atoms with Crippen molar-refractivity contribution in [3.05, 3.63) is 35.4 Å². The number of hydrogen-bond acceptors (Lipinski definition) is 1. The van der Waals surface area contributed by atoms with Crippen LogP contribution in [0.1, 0.15) is 23.5 Å². The van der Waals surface area contributed by atoms with Gasteiger partial charge < -0.3 is 5.32 Å². The standard InChI is InChI=1S/C11H12F3N/c12-11(13,14)10-3-1-2-8(6-10)9-4-5-15-7-9/h1-3,6,9,15H,4-5,7H2/t9-/m1/s1. The van der Waals surface area contributed by atoms with Crippen molar-refractivity contribution in [1.82, 2.24) is 5.32 Å². The van der Waals surface area contributed by atoms with E-state index in [1.165, 1.54) is 12.1 Å². The first-order valence-corrected chi connectivity index (χ1v) is 4.95. The number of halogens is 3. The molecule has 1 N–H and O–H groups in total. The monoisotopic (exact) mass is 215 g/mol. The van der Waals surface area contributed by atoms with Gasteiger partial charge in [-0.1, -0.05) is 18.2 Å². The van der Waals surface area contributed by atoms with Crippen LogP contribution in [0.5, 0.6) is 0 Å². The molecule has 0 unspecified atom stereocenters. The third kappa shape index (κ3) is 2.31. The van der Waals surface area contributed by atoms with Crippen LogP contribution in [-0.2, 0) is 6.18 Å². The number of hydrogen-bond donors (Lipinski definition) is 1. The van der Waals surface area contributed by atoms with Gasteiger partial charge in [0.1, 0.15) is 0 Å². The molecule has 1 saturated heterocycles. The Morgan fingerprint density at radius 3 is 2.67 bits per heavy atom. The molecule has 0 amide bonds. The first-order chi connectivity index (χ1) is 7.07. The molecule has 1 fully saturated rings. The molecular weight excluding hydrogens is 203 g/mol. The van der Waals surface area contributed by atoms with Crippen LogP contribution in [0.15, 0.2) is 24.3 Å². The van der Waals surface area contributed by atoms with Gasteiger partial charge in [0.05, 0.1) is 5.56 Å². The molecule has 15 heavy (non-hydrogen) atoms. The predicted octanol–water partition coefficient (Wildman–Crippen LogP) is 2.78. The van der Waals surface area contributed by atoms with Crippen LogP contribution in [-0.4, -0.2) is 13.1 Å². The van der Waals surface area contributed by atoms with Gasteiger partial charge in [-0.05, 0) is 30.5 Å². The molecule has 0 aliphatic carbocycles. The molecular formula is C11H12F3N. The van der Waals surface area contributed by atoms with E-state index in [4.69, 9.17) is 0 Å². The minimum Gasteiger partial charge on any atom is -0.316 e. The molecule has 2 rings (SSSR count). The second kappa shape index (κ2) is 3.85. The smallest absolute Gasteiger partial charge is 0.316 e. The molecule has 1 heterocycles. The van der Waals surface area contributed by atoms with Gasteiger partial charge in [-0.3, -0.25) is 0 Å².